The van der Waals surface area contributed by atoms with Crippen molar-refractivity contribution >= 4 is 16.0 Å². The van der Waals surface area contributed by atoms with Gasteiger partial charge in [0, 0.05) is 6.54 Å². The summed E-state index contributed by atoms with van der Waals surface area (Å²) >= 11 is 0. The molecule has 0 saturated heterocycles. The highest BCUT2D eigenvalue weighted by atomic mass is 32.2. The Labute approximate surface area is 154 Å². The molecule has 6 heteroatoms. The van der Waals surface area contributed by atoms with Crippen molar-refractivity contribution < 1.29 is 18.3 Å². The van der Waals surface area contributed by atoms with Gasteiger partial charge in [-0.15, -0.1) is 0 Å². The van der Waals surface area contributed by atoms with Crippen molar-refractivity contribution in [2.24, 2.45) is 5.92 Å². The number of hydrogen-bond donors (Lipinski definition) is 1. The molecule has 1 N–H and O–H groups in total. The number of rotatable bonds is 4. The molecule has 1 atom stereocenters. The fourth-order valence-electron chi connectivity index (χ4n) is 3.65. The summed E-state index contributed by atoms with van der Waals surface area (Å²) in [5.74, 6) is -1.05. The van der Waals surface area contributed by atoms with Gasteiger partial charge in [0.15, 0.2) is 0 Å². The van der Waals surface area contributed by atoms with Crippen LogP contribution in [0.3, 0.4) is 0 Å². The molecule has 1 aliphatic rings. The molecule has 5 nitrogen and oxygen atoms in total. The molecule has 0 bridgehead atoms. The van der Waals surface area contributed by atoms with Gasteiger partial charge in [0.2, 0.25) is 10.0 Å². The zero-order valence-corrected chi connectivity index (χ0v) is 16.0. The van der Waals surface area contributed by atoms with Gasteiger partial charge >= 0.3 is 5.97 Å². The minimum absolute atomic E-state index is 0.0265. The number of carboxylic acid groups (broad SMARTS) is 1. The highest BCUT2D eigenvalue weighted by Crippen LogP contribution is 2.39. The van der Waals surface area contributed by atoms with Crippen LogP contribution in [-0.2, 0) is 16.4 Å². The van der Waals surface area contributed by atoms with Crippen LogP contribution in [-0.4, -0.2) is 30.3 Å². The number of aromatic carboxylic acids is 1. The highest BCUT2D eigenvalue weighted by Gasteiger charge is 2.38. The number of benzene rings is 2. The van der Waals surface area contributed by atoms with Crippen molar-refractivity contribution in [3.63, 3.8) is 0 Å². The second-order valence-corrected chi connectivity index (χ2v) is 8.98. The van der Waals surface area contributed by atoms with Crippen LogP contribution >= 0.6 is 0 Å². The van der Waals surface area contributed by atoms with Gasteiger partial charge in [0.05, 0.1) is 16.5 Å². The van der Waals surface area contributed by atoms with Crippen LogP contribution in [0.25, 0.3) is 0 Å². The summed E-state index contributed by atoms with van der Waals surface area (Å²) in [6.07, 6.45) is 0.651. The maximum atomic E-state index is 13.3. The minimum atomic E-state index is -3.80. The lowest BCUT2D eigenvalue weighted by Gasteiger charge is -2.39. The molecule has 0 saturated carbocycles. The number of carboxylic acids is 1. The monoisotopic (exact) mass is 373 g/mol. The lowest BCUT2D eigenvalue weighted by atomic mass is 9.87. The molecular weight excluding hydrogens is 350 g/mol. The molecule has 1 heterocycles. The standard InChI is InChI=1S/C20H23NO4S/c1-13(2)19-18-8-7-14(3)11-15(18)9-10-21(19)26(24,25)17-6-4-5-16(12-17)20(22)23/h4-8,11-13,19H,9-10H2,1-3H3,(H,22,23). The van der Waals surface area contributed by atoms with Crippen LogP contribution in [0.1, 0.15) is 46.9 Å². The van der Waals surface area contributed by atoms with E-state index in [2.05, 4.69) is 6.07 Å². The second kappa shape index (κ2) is 6.85. The summed E-state index contributed by atoms with van der Waals surface area (Å²) in [6, 6.07) is 11.5. The molecule has 2 aromatic carbocycles. The molecule has 2 aromatic rings. The Morgan fingerprint density at radius 3 is 2.58 bits per heavy atom. The molecule has 3 rings (SSSR count). The topological polar surface area (TPSA) is 74.7 Å². The molecule has 0 spiro atoms. The Bertz CT molecular complexity index is 950. The lowest BCUT2D eigenvalue weighted by molar-refractivity contribution is 0.0696. The maximum Gasteiger partial charge on any atom is 0.335 e. The summed E-state index contributed by atoms with van der Waals surface area (Å²) in [4.78, 5) is 11.2. The zero-order chi connectivity index (χ0) is 19.1. The molecule has 26 heavy (non-hydrogen) atoms. The Balaban J connectivity index is 2.08. The molecule has 0 aromatic heterocycles. The van der Waals surface area contributed by atoms with E-state index in [0.717, 1.165) is 11.1 Å². The van der Waals surface area contributed by atoms with Gasteiger partial charge < -0.3 is 5.11 Å². The second-order valence-electron chi connectivity index (χ2n) is 7.09. The third kappa shape index (κ3) is 3.27. The van der Waals surface area contributed by atoms with Crippen molar-refractivity contribution in [3.8, 4) is 0 Å². The van der Waals surface area contributed by atoms with Crippen LogP contribution in [0.5, 0.6) is 0 Å². The molecule has 138 valence electrons. The fraction of sp³-hybridized carbons (Fsp3) is 0.350. The van der Waals surface area contributed by atoms with E-state index in [1.54, 1.807) is 0 Å². The van der Waals surface area contributed by atoms with E-state index in [4.69, 9.17) is 0 Å². The van der Waals surface area contributed by atoms with Gasteiger partial charge in [-0.3, -0.25) is 0 Å². The molecular formula is C20H23NO4S. The highest BCUT2D eigenvalue weighted by molar-refractivity contribution is 7.89. The van der Waals surface area contributed by atoms with Gasteiger partial charge in [-0.05, 0) is 48.6 Å². The van der Waals surface area contributed by atoms with E-state index in [1.165, 1.54) is 34.1 Å². The Morgan fingerprint density at radius 2 is 1.92 bits per heavy atom. The first-order chi connectivity index (χ1) is 12.2. The zero-order valence-electron chi connectivity index (χ0n) is 15.1. The Morgan fingerprint density at radius 1 is 1.19 bits per heavy atom. The average molecular weight is 373 g/mol. The van der Waals surface area contributed by atoms with E-state index < -0.39 is 16.0 Å². The number of sulfonamides is 1. The molecule has 0 amide bonds. The van der Waals surface area contributed by atoms with Gasteiger partial charge in [0.25, 0.3) is 0 Å². The minimum Gasteiger partial charge on any atom is -0.478 e. The van der Waals surface area contributed by atoms with Crippen molar-refractivity contribution in [1.29, 1.82) is 0 Å². The number of aryl methyl sites for hydroxylation is 1. The summed E-state index contributed by atoms with van der Waals surface area (Å²) in [5, 5.41) is 9.17. The van der Waals surface area contributed by atoms with Gasteiger partial charge in [0.1, 0.15) is 0 Å². The molecule has 1 aliphatic heterocycles. The van der Waals surface area contributed by atoms with Crippen molar-refractivity contribution in [2.75, 3.05) is 6.54 Å². The number of nitrogens with zero attached hydrogens (tertiary/aromatic N) is 1. The fourth-order valence-corrected chi connectivity index (χ4v) is 5.44. The Hall–Kier alpha value is -2.18. The van der Waals surface area contributed by atoms with Crippen LogP contribution in [0.15, 0.2) is 47.4 Å². The molecule has 0 aliphatic carbocycles. The van der Waals surface area contributed by atoms with E-state index in [1.807, 2.05) is 32.9 Å². The molecule has 0 radical (unpaired) electrons. The van der Waals surface area contributed by atoms with E-state index in [9.17, 15) is 18.3 Å². The third-order valence-corrected chi connectivity index (χ3v) is 6.72. The van der Waals surface area contributed by atoms with Crippen LogP contribution < -0.4 is 0 Å². The SMILES string of the molecule is Cc1ccc2c(c1)CCN(S(=O)(=O)c1cccc(C(=O)O)c1)C2C(C)C. The normalized spacial score (nSPS) is 17.9. The average Bonchev–Trinajstić information content (AvgIpc) is 2.60. The van der Waals surface area contributed by atoms with Crippen LogP contribution in [0.4, 0.5) is 0 Å². The van der Waals surface area contributed by atoms with Gasteiger partial charge in [-0.2, -0.15) is 4.31 Å². The quantitative estimate of drug-likeness (QED) is 0.888. The van der Waals surface area contributed by atoms with Crippen LogP contribution in [0.2, 0.25) is 0 Å². The summed E-state index contributed by atoms with van der Waals surface area (Å²) in [6.45, 7) is 6.44. The predicted octanol–water partition coefficient (Wildman–Crippen LogP) is 3.64. The third-order valence-electron chi connectivity index (χ3n) is 4.85. The lowest BCUT2D eigenvalue weighted by Crippen LogP contribution is -2.42. The number of fused-ring (bicyclic) bond motifs is 1. The van der Waals surface area contributed by atoms with E-state index in [-0.39, 0.29) is 22.4 Å². The molecule has 1 unspecified atom stereocenters. The number of hydrogen-bond acceptors (Lipinski definition) is 3. The summed E-state index contributed by atoms with van der Waals surface area (Å²) in [5.41, 5.74) is 3.36. The first-order valence-electron chi connectivity index (χ1n) is 8.66. The Kier molecular flexibility index (Phi) is 4.90. The first kappa shape index (κ1) is 18.6. The largest absolute Gasteiger partial charge is 0.478 e. The van der Waals surface area contributed by atoms with Gasteiger partial charge in [-0.25, -0.2) is 13.2 Å². The molecule has 0 fully saturated rings. The summed E-state index contributed by atoms with van der Waals surface area (Å²) in [7, 11) is -3.80. The van der Waals surface area contributed by atoms with Gasteiger partial charge in [-0.1, -0.05) is 43.7 Å². The number of carbonyl (C=O) groups is 1. The first-order valence-corrected chi connectivity index (χ1v) is 10.1. The van der Waals surface area contributed by atoms with Crippen LogP contribution in [0, 0.1) is 12.8 Å². The predicted molar refractivity (Wildman–Crippen MR) is 99.8 cm³/mol. The van der Waals surface area contributed by atoms with Crippen molar-refractivity contribution in [1.82, 2.24) is 4.31 Å². The van der Waals surface area contributed by atoms with E-state index in [0.29, 0.717) is 13.0 Å². The maximum absolute atomic E-state index is 13.3. The van der Waals surface area contributed by atoms with Crippen molar-refractivity contribution in [3.05, 3.63) is 64.7 Å². The van der Waals surface area contributed by atoms with E-state index >= 15 is 0 Å². The van der Waals surface area contributed by atoms with Crippen molar-refractivity contribution in [2.45, 2.75) is 38.1 Å². The summed E-state index contributed by atoms with van der Waals surface area (Å²) < 4.78 is 28.1. The smallest absolute Gasteiger partial charge is 0.335 e.